The van der Waals surface area contributed by atoms with E-state index < -0.39 is 10.0 Å². The second-order valence-corrected chi connectivity index (χ2v) is 9.04. The minimum Gasteiger partial charge on any atom is -0.341 e. The number of pyridine rings is 1. The molecule has 10 heteroatoms. The summed E-state index contributed by atoms with van der Waals surface area (Å²) < 4.78 is 37.5. The van der Waals surface area contributed by atoms with Crippen LogP contribution in [0.25, 0.3) is 0 Å². The molecule has 2 amide bonds. The van der Waals surface area contributed by atoms with Gasteiger partial charge in [0.15, 0.2) is 0 Å². The molecule has 0 bridgehead atoms. The van der Waals surface area contributed by atoms with Gasteiger partial charge in [-0.15, -0.1) is 0 Å². The van der Waals surface area contributed by atoms with Gasteiger partial charge >= 0.3 is 0 Å². The third-order valence-corrected chi connectivity index (χ3v) is 5.50. The molecule has 30 heavy (non-hydrogen) atoms. The third kappa shape index (κ3) is 6.07. The van der Waals surface area contributed by atoms with Crippen molar-refractivity contribution in [2.45, 2.75) is 18.8 Å². The summed E-state index contributed by atoms with van der Waals surface area (Å²) in [4.78, 5) is 30.6. The molecule has 160 valence electrons. The first kappa shape index (κ1) is 21.8. The Balaban J connectivity index is 1.60. The molecule has 2 aromatic rings. The zero-order valence-corrected chi connectivity index (χ0v) is 17.3. The summed E-state index contributed by atoms with van der Waals surface area (Å²) in [6.45, 7) is 0.749. The van der Waals surface area contributed by atoms with Gasteiger partial charge < -0.3 is 10.2 Å². The lowest BCUT2D eigenvalue weighted by Gasteiger charge is -2.32. The number of carbonyl (C=O) groups excluding carboxylic acids is 2. The Hall–Kier alpha value is -2.85. The maximum Gasteiger partial charge on any atom is 0.257 e. The van der Waals surface area contributed by atoms with E-state index in [2.05, 4.69) is 15.0 Å². The van der Waals surface area contributed by atoms with Crippen LogP contribution in [-0.2, 0) is 14.8 Å². The van der Waals surface area contributed by atoms with Crippen LogP contribution >= 0.6 is 0 Å². The van der Waals surface area contributed by atoms with E-state index in [0.717, 1.165) is 24.8 Å². The number of aromatic nitrogens is 1. The van der Waals surface area contributed by atoms with Gasteiger partial charge in [-0.1, -0.05) is 0 Å². The summed E-state index contributed by atoms with van der Waals surface area (Å²) >= 11 is 0. The smallest absolute Gasteiger partial charge is 0.257 e. The number of nitrogens with zero attached hydrogens (tertiary/aromatic N) is 2. The number of benzene rings is 1. The predicted octanol–water partition coefficient (Wildman–Crippen LogP) is 1.73. The fraction of sp³-hybridized carbons (Fsp3) is 0.350. The molecule has 3 rings (SSSR count). The Morgan fingerprint density at radius 3 is 2.57 bits per heavy atom. The second kappa shape index (κ2) is 9.31. The highest BCUT2D eigenvalue weighted by Crippen LogP contribution is 2.25. The highest BCUT2D eigenvalue weighted by molar-refractivity contribution is 7.88. The number of piperidine rings is 1. The number of hydrogen-bond acceptors (Lipinski definition) is 5. The number of rotatable bonds is 6. The number of carbonyl (C=O) groups is 2. The first-order valence-electron chi connectivity index (χ1n) is 9.46. The van der Waals surface area contributed by atoms with Crippen molar-refractivity contribution in [3.63, 3.8) is 0 Å². The van der Waals surface area contributed by atoms with E-state index in [1.165, 1.54) is 30.5 Å². The van der Waals surface area contributed by atoms with Gasteiger partial charge in [0.1, 0.15) is 5.82 Å². The number of amides is 2. The van der Waals surface area contributed by atoms with E-state index in [1.54, 1.807) is 17.0 Å². The Morgan fingerprint density at radius 1 is 1.20 bits per heavy atom. The number of likely N-dealkylation sites (tertiary alicyclic amines) is 1. The molecule has 1 aromatic carbocycles. The minimum atomic E-state index is -3.43. The lowest BCUT2D eigenvalue weighted by molar-refractivity contribution is -0.131. The quantitative estimate of drug-likeness (QED) is 0.720. The zero-order valence-electron chi connectivity index (χ0n) is 16.5. The minimum absolute atomic E-state index is 0.00939. The molecule has 0 spiro atoms. The molecule has 0 saturated carbocycles. The Morgan fingerprint density at radius 2 is 1.93 bits per heavy atom. The fourth-order valence-corrected chi connectivity index (χ4v) is 3.65. The number of sulfonamides is 1. The van der Waals surface area contributed by atoms with Gasteiger partial charge in [-0.05, 0) is 49.2 Å². The molecule has 1 aliphatic rings. The van der Waals surface area contributed by atoms with Gasteiger partial charge in [0.25, 0.3) is 5.91 Å². The summed E-state index contributed by atoms with van der Waals surface area (Å²) in [7, 11) is -3.43. The highest BCUT2D eigenvalue weighted by Gasteiger charge is 2.26. The van der Waals surface area contributed by atoms with Crippen molar-refractivity contribution in [3.05, 3.63) is 59.7 Å². The van der Waals surface area contributed by atoms with Crippen LogP contribution in [0.4, 0.5) is 10.1 Å². The van der Waals surface area contributed by atoms with Gasteiger partial charge in [0.2, 0.25) is 15.9 Å². The van der Waals surface area contributed by atoms with E-state index in [4.69, 9.17) is 0 Å². The topological polar surface area (TPSA) is 108 Å². The number of hydrogen-bond donors (Lipinski definition) is 2. The molecule has 2 N–H and O–H groups in total. The van der Waals surface area contributed by atoms with Crippen molar-refractivity contribution >= 4 is 27.5 Å². The molecule has 1 atom stereocenters. The van der Waals surface area contributed by atoms with Crippen molar-refractivity contribution in [3.8, 4) is 0 Å². The largest absolute Gasteiger partial charge is 0.341 e. The van der Waals surface area contributed by atoms with Crippen molar-refractivity contribution < 1.29 is 22.4 Å². The molecule has 1 fully saturated rings. The van der Waals surface area contributed by atoms with Gasteiger partial charge in [0.05, 0.1) is 18.4 Å². The summed E-state index contributed by atoms with van der Waals surface area (Å²) in [5.41, 5.74) is 1.61. The number of halogens is 1. The van der Waals surface area contributed by atoms with Crippen LogP contribution in [-0.4, -0.2) is 56.0 Å². The molecule has 1 aliphatic heterocycles. The molecule has 1 saturated heterocycles. The summed E-state index contributed by atoms with van der Waals surface area (Å²) in [5.74, 6) is -1.00. The Labute approximate surface area is 174 Å². The maximum atomic E-state index is 13.0. The number of nitrogens with one attached hydrogen (secondary N) is 2. The van der Waals surface area contributed by atoms with E-state index in [1.807, 2.05) is 0 Å². The number of anilines is 1. The summed E-state index contributed by atoms with van der Waals surface area (Å²) in [6.07, 6.45) is 4.11. The van der Waals surface area contributed by atoms with E-state index in [-0.39, 0.29) is 30.1 Å². The molecule has 2 heterocycles. The van der Waals surface area contributed by atoms with Crippen molar-refractivity contribution in [2.24, 2.45) is 0 Å². The van der Waals surface area contributed by atoms with Crippen LogP contribution in [0.5, 0.6) is 0 Å². The first-order valence-corrected chi connectivity index (χ1v) is 11.4. The van der Waals surface area contributed by atoms with Crippen LogP contribution in [0.15, 0.2) is 42.6 Å². The van der Waals surface area contributed by atoms with Crippen LogP contribution in [0.3, 0.4) is 0 Å². The molecular formula is C20H23FN4O4S. The summed E-state index contributed by atoms with van der Waals surface area (Å²) in [5, 5.41) is 2.68. The SMILES string of the molecule is CS(=O)(=O)NCC(=O)N1CCC[C@@H](c2ccc(C(=O)Nc3ccc(F)cc3)cn2)C1. The van der Waals surface area contributed by atoms with E-state index in [0.29, 0.717) is 24.3 Å². The van der Waals surface area contributed by atoms with Gasteiger partial charge in [-0.2, -0.15) is 0 Å². The van der Waals surface area contributed by atoms with Gasteiger partial charge in [-0.3, -0.25) is 14.6 Å². The van der Waals surface area contributed by atoms with Gasteiger partial charge in [-0.25, -0.2) is 17.5 Å². The van der Waals surface area contributed by atoms with Crippen molar-refractivity contribution in [1.29, 1.82) is 0 Å². The fourth-order valence-electron chi connectivity index (χ4n) is 3.27. The lowest BCUT2D eigenvalue weighted by Crippen LogP contribution is -2.44. The first-order chi connectivity index (χ1) is 14.2. The zero-order chi connectivity index (χ0) is 21.7. The van der Waals surface area contributed by atoms with Crippen LogP contribution in [0.1, 0.15) is 34.8 Å². The highest BCUT2D eigenvalue weighted by atomic mass is 32.2. The Bertz CT molecular complexity index is 1010. The third-order valence-electron chi connectivity index (χ3n) is 4.83. The Kier molecular flexibility index (Phi) is 6.78. The molecule has 8 nitrogen and oxygen atoms in total. The van der Waals surface area contributed by atoms with Crippen molar-refractivity contribution in [1.82, 2.24) is 14.6 Å². The average Bonchev–Trinajstić information content (AvgIpc) is 2.73. The monoisotopic (exact) mass is 434 g/mol. The standard InChI is InChI=1S/C20H23FN4O4S/c1-30(28,29)23-12-19(26)25-10-2-3-15(13-25)18-9-4-14(11-22-18)20(27)24-17-7-5-16(21)6-8-17/h4-9,11,15,23H,2-3,10,12-13H2,1H3,(H,24,27)/t15-/m1/s1. The van der Waals surface area contributed by atoms with Crippen LogP contribution in [0, 0.1) is 5.82 Å². The van der Waals surface area contributed by atoms with Crippen molar-refractivity contribution in [2.75, 3.05) is 31.2 Å². The molecule has 0 aliphatic carbocycles. The summed E-state index contributed by atoms with van der Waals surface area (Å²) in [6, 6.07) is 8.89. The lowest BCUT2D eigenvalue weighted by atomic mass is 9.94. The van der Waals surface area contributed by atoms with Crippen LogP contribution in [0.2, 0.25) is 0 Å². The van der Waals surface area contributed by atoms with E-state index in [9.17, 15) is 22.4 Å². The second-order valence-electron chi connectivity index (χ2n) is 7.20. The predicted molar refractivity (Wildman–Crippen MR) is 110 cm³/mol. The van der Waals surface area contributed by atoms with Crippen LogP contribution < -0.4 is 10.0 Å². The normalized spacial score (nSPS) is 16.9. The average molecular weight is 434 g/mol. The van der Waals surface area contributed by atoms with Gasteiger partial charge in [0, 0.05) is 36.6 Å². The molecule has 0 radical (unpaired) electrons. The maximum absolute atomic E-state index is 13.0. The molecular weight excluding hydrogens is 411 g/mol. The molecule has 1 aromatic heterocycles. The molecule has 0 unspecified atom stereocenters. The van der Waals surface area contributed by atoms with E-state index >= 15 is 0 Å².